The fourth-order valence-corrected chi connectivity index (χ4v) is 1.46. The van der Waals surface area contributed by atoms with Crippen molar-refractivity contribution in [2.75, 3.05) is 0 Å². The summed E-state index contributed by atoms with van der Waals surface area (Å²) < 4.78 is 12.8. The molecule has 1 heterocycles. The molecule has 0 aliphatic rings. The molecule has 0 atom stereocenters. The molecule has 0 aliphatic carbocycles. The van der Waals surface area contributed by atoms with Gasteiger partial charge in [0.2, 0.25) is 0 Å². The van der Waals surface area contributed by atoms with Gasteiger partial charge in [-0.3, -0.25) is 4.98 Å². The molecule has 0 amide bonds. The Morgan fingerprint density at radius 1 is 1.40 bits per heavy atom. The number of aliphatic hydroxyl groups excluding tert-OH is 1. The first-order chi connectivity index (χ1) is 7.29. The number of nitrogens with zero attached hydrogens (tertiary/aromatic N) is 1. The summed E-state index contributed by atoms with van der Waals surface area (Å²) >= 11 is 0. The summed E-state index contributed by atoms with van der Waals surface area (Å²) in [6, 6.07) is 9.34. The maximum absolute atomic E-state index is 12.8. The van der Waals surface area contributed by atoms with E-state index in [0.717, 1.165) is 16.5 Å². The number of fused-ring (bicyclic) bond motifs is 1. The first-order valence-electron chi connectivity index (χ1n) is 4.62. The standard InChI is InChI=1S/C12H10FNO/c13-11(8-15)6-9-3-4-10-2-1-5-14-12(10)7-9/h1-5,7-8,15H,6H2/b11-8-. The zero-order chi connectivity index (χ0) is 10.7. The van der Waals surface area contributed by atoms with Gasteiger partial charge in [-0.25, -0.2) is 4.39 Å². The number of aliphatic hydroxyl groups is 1. The van der Waals surface area contributed by atoms with E-state index in [1.54, 1.807) is 6.20 Å². The van der Waals surface area contributed by atoms with Crippen molar-refractivity contribution < 1.29 is 9.50 Å². The van der Waals surface area contributed by atoms with Crippen molar-refractivity contribution in [2.24, 2.45) is 0 Å². The number of pyridine rings is 1. The van der Waals surface area contributed by atoms with Crippen LogP contribution < -0.4 is 0 Å². The average molecular weight is 203 g/mol. The Hall–Kier alpha value is -1.90. The Morgan fingerprint density at radius 3 is 3.07 bits per heavy atom. The fourth-order valence-electron chi connectivity index (χ4n) is 1.46. The van der Waals surface area contributed by atoms with Crippen LogP contribution in [0.5, 0.6) is 0 Å². The maximum atomic E-state index is 12.8. The molecule has 0 radical (unpaired) electrons. The van der Waals surface area contributed by atoms with Crippen molar-refractivity contribution >= 4 is 10.9 Å². The molecule has 0 bridgehead atoms. The summed E-state index contributed by atoms with van der Waals surface area (Å²) in [5.41, 5.74) is 1.63. The van der Waals surface area contributed by atoms with Crippen molar-refractivity contribution in [2.45, 2.75) is 6.42 Å². The molecule has 1 aromatic heterocycles. The highest BCUT2D eigenvalue weighted by Crippen LogP contribution is 2.16. The van der Waals surface area contributed by atoms with Crippen LogP contribution in [0.4, 0.5) is 4.39 Å². The molecular weight excluding hydrogens is 193 g/mol. The maximum Gasteiger partial charge on any atom is 0.138 e. The van der Waals surface area contributed by atoms with Crippen molar-refractivity contribution in [3.8, 4) is 0 Å². The lowest BCUT2D eigenvalue weighted by molar-refractivity contribution is 0.435. The molecule has 2 nitrogen and oxygen atoms in total. The number of aromatic nitrogens is 1. The van der Waals surface area contributed by atoms with E-state index in [-0.39, 0.29) is 6.42 Å². The van der Waals surface area contributed by atoms with Gasteiger partial charge in [-0.1, -0.05) is 18.2 Å². The van der Waals surface area contributed by atoms with Crippen LogP contribution in [0, 0.1) is 0 Å². The van der Waals surface area contributed by atoms with E-state index >= 15 is 0 Å². The van der Waals surface area contributed by atoms with Crippen molar-refractivity contribution in [1.29, 1.82) is 0 Å². The van der Waals surface area contributed by atoms with Gasteiger partial charge in [0, 0.05) is 18.0 Å². The van der Waals surface area contributed by atoms with Crippen LogP contribution in [0.1, 0.15) is 5.56 Å². The molecule has 0 unspecified atom stereocenters. The van der Waals surface area contributed by atoms with E-state index in [1.807, 2.05) is 30.3 Å². The average Bonchev–Trinajstić information content (AvgIpc) is 2.29. The summed E-state index contributed by atoms with van der Waals surface area (Å²) in [5.74, 6) is -0.551. The van der Waals surface area contributed by atoms with Crippen LogP contribution >= 0.6 is 0 Å². The predicted molar refractivity (Wildman–Crippen MR) is 57.3 cm³/mol. The van der Waals surface area contributed by atoms with E-state index < -0.39 is 5.83 Å². The van der Waals surface area contributed by atoms with E-state index in [0.29, 0.717) is 6.26 Å². The van der Waals surface area contributed by atoms with Gasteiger partial charge in [-0.15, -0.1) is 0 Å². The molecule has 0 fully saturated rings. The number of hydrogen-bond acceptors (Lipinski definition) is 2. The topological polar surface area (TPSA) is 33.1 Å². The van der Waals surface area contributed by atoms with Crippen LogP contribution in [-0.2, 0) is 6.42 Å². The van der Waals surface area contributed by atoms with Crippen LogP contribution in [0.2, 0.25) is 0 Å². The van der Waals surface area contributed by atoms with Crippen molar-refractivity contribution in [1.82, 2.24) is 4.98 Å². The molecular formula is C12H10FNO. The number of hydrogen-bond donors (Lipinski definition) is 1. The molecule has 0 aliphatic heterocycles. The van der Waals surface area contributed by atoms with Crippen LogP contribution in [0.15, 0.2) is 48.6 Å². The summed E-state index contributed by atoms with van der Waals surface area (Å²) in [6.45, 7) is 0. The smallest absolute Gasteiger partial charge is 0.138 e. The van der Waals surface area contributed by atoms with Crippen LogP contribution in [0.25, 0.3) is 10.9 Å². The van der Waals surface area contributed by atoms with Gasteiger partial charge in [-0.05, 0) is 17.7 Å². The Balaban J connectivity index is 2.39. The zero-order valence-electron chi connectivity index (χ0n) is 8.02. The van der Waals surface area contributed by atoms with Gasteiger partial charge in [0.1, 0.15) is 12.1 Å². The third-order valence-corrected chi connectivity index (χ3v) is 2.18. The number of allylic oxidation sites excluding steroid dienone is 1. The molecule has 15 heavy (non-hydrogen) atoms. The van der Waals surface area contributed by atoms with Crippen molar-refractivity contribution in [3.05, 3.63) is 54.2 Å². The lowest BCUT2D eigenvalue weighted by atomic mass is 10.1. The summed E-state index contributed by atoms with van der Waals surface area (Å²) in [4.78, 5) is 4.17. The van der Waals surface area contributed by atoms with E-state index in [9.17, 15) is 4.39 Å². The summed E-state index contributed by atoms with van der Waals surface area (Å²) in [7, 11) is 0. The number of halogens is 1. The van der Waals surface area contributed by atoms with Gasteiger partial charge in [0.05, 0.1) is 5.52 Å². The quantitative estimate of drug-likeness (QED) is 0.760. The highest BCUT2D eigenvalue weighted by atomic mass is 19.1. The first-order valence-corrected chi connectivity index (χ1v) is 4.62. The van der Waals surface area contributed by atoms with Gasteiger partial charge in [0.15, 0.2) is 0 Å². The number of rotatable bonds is 2. The third kappa shape index (κ3) is 2.13. The second-order valence-corrected chi connectivity index (χ2v) is 3.28. The summed E-state index contributed by atoms with van der Waals surface area (Å²) in [6.07, 6.45) is 2.29. The molecule has 0 spiro atoms. The summed E-state index contributed by atoms with van der Waals surface area (Å²) in [5, 5.41) is 9.48. The van der Waals surface area contributed by atoms with E-state index in [1.165, 1.54) is 0 Å². The molecule has 3 heteroatoms. The van der Waals surface area contributed by atoms with Gasteiger partial charge >= 0.3 is 0 Å². The second-order valence-electron chi connectivity index (χ2n) is 3.28. The molecule has 0 saturated carbocycles. The van der Waals surface area contributed by atoms with E-state index in [2.05, 4.69) is 4.98 Å². The molecule has 76 valence electrons. The monoisotopic (exact) mass is 203 g/mol. The molecule has 1 aromatic carbocycles. The highest BCUT2D eigenvalue weighted by molar-refractivity contribution is 5.78. The largest absolute Gasteiger partial charge is 0.513 e. The molecule has 0 saturated heterocycles. The van der Waals surface area contributed by atoms with Gasteiger partial charge in [0.25, 0.3) is 0 Å². The molecule has 2 aromatic rings. The predicted octanol–water partition coefficient (Wildman–Crippen LogP) is 3.15. The van der Waals surface area contributed by atoms with Gasteiger partial charge < -0.3 is 5.11 Å². The first kappa shape index (κ1) is 9.65. The third-order valence-electron chi connectivity index (χ3n) is 2.18. The Labute approximate surface area is 86.7 Å². The normalized spacial score (nSPS) is 11.9. The Morgan fingerprint density at radius 2 is 2.27 bits per heavy atom. The van der Waals surface area contributed by atoms with Crippen LogP contribution in [-0.4, -0.2) is 10.1 Å². The lowest BCUT2D eigenvalue weighted by Gasteiger charge is -2.00. The molecule has 2 rings (SSSR count). The molecule has 1 N–H and O–H groups in total. The Bertz CT molecular complexity index is 508. The second kappa shape index (κ2) is 4.09. The minimum Gasteiger partial charge on any atom is -0.513 e. The number of benzene rings is 1. The Kier molecular flexibility index (Phi) is 2.63. The highest BCUT2D eigenvalue weighted by Gasteiger charge is 2.00. The minimum absolute atomic E-state index is 0.100. The SMILES string of the molecule is O/C=C(\F)Cc1ccc2cccnc2c1. The zero-order valence-corrected chi connectivity index (χ0v) is 8.02. The fraction of sp³-hybridized carbons (Fsp3) is 0.0833. The van der Waals surface area contributed by atoms with Gasteiger partial charge in [-0.2, -0.15) is 0 Å². The van der Waals surface area contributed by atoms with E-state index in [4.69, 9.17) is 5.11 Å². The van der Waals surface area contributed by atoms with Crippen molar-refractivity contribution in [3.63, 3.8) is 0 Å². The van der Waals surface area contributed by atoms with Crippen LogP contribution in [0.3, 0.4) is 0 Å². The minimum atomic E-state index is -0.551. The lowest BCUT2D eigenvalue weighted by Crippen LogP contribution is -1.87.